The standard InChI is InChI=1S/C12H21N5O/c1-4-13-10-15-11(17-12(16-10)18-3)14-8(2)7-9-5-6-9/h8-9H,4-7H2,1-3H3,(H2,13,14,15,16,17). The summed E-state index contributed by atoms with van der Waals surface area (Å²) in [4.78, 5) is 12.6. The molecule has 1 fully saturated rings. The van der Waals surface area contributed by atoms with Crippen molar-refractivity contribution in [3.63, 3.8) is 0 Å². The van der Waals surface area contributed by atoms with Gasteiger partial charge in [-0.1, -0.05) is 12.8 Å². The fourth-order valence-corrected chi connectivity index (χ4v) is 1.88. The summed E-state index contributed by atoms with van der Waals surface area (Å²) in [6.07, 6.45) is 3.88. The number of anilines is 2. The fourth-order valence-electron chi connectivity index (χ4n) is 1.88. The number of aromatic nitrogens is 3. The molecule has 100 valence electrons. The Morgan fingerprint density at radius 1 is 1.28 bits per heavy atom. The Hall–Kier alpha value is -1.59. The predicted octanol–water partition coefficient (Wildman–Crippen LogP) is 1.91. The summed E-state index contributed by atoms with van der Waals surface area (Å²) in [5.74, 6) is 2.00. The van der Waals surface area contributed by atoms with E-state index in [2.05, 4.69) is 32.5 Å². The number of nitrogens with one attached hydrogen (secondary N) is 2. The molecule has 1 unspecified atom stereocenters. The zero-order chi connectivity index (χ0) is 13.0. The topological polar surface area (TPSA) is 72.0 Å². The molecule has 1 aliphatic carbocycles. The molecule has 0 saturated heterocycles. The molecule has 1 atom stereocenters. The van der Waals surface area contributed by atoms with Crippen LogP contribution < -0.4 is 15.4 Å². The Balaban J connectivity index is 2.02. The minimum absolute atomic E-state index is 0.335. The lowest BCUT2D eigenvalue weighted by molar-refractivity contribution is 0.379. The third-order valence-corrected chi connectivity index (χ3v) is 2.89. The lowest BCUT2D eigenvalue weighted by atomic mass is 10.2. The van der Waals surface area contributed by atoms with Crippen LogP contribution in [-0.4, -0.2) is 34.6 Å². The molecule has 1 aromatic heterocycles. The average Bonchev–Trinajstić information content (AvgIpc) is 3.12. The monoisotopic (exact) mass is 251 g/mol. The van der Waals surface area contributed by atoms with Gasteiger partial charge in [-0.15, -0.1) is 0 Å². The van der Waals surface area contributed by atoms with E-state index in [1.54, 1.807) is 7.11 Å². The average molecular weight is 251 g/mol. The van der Waals surface area contributed by atoms with Gasteiger partial charge in [0.2, 0.25) is 11.9 Å². The van der Waals surface area contributed by atoms with Crippen molar-refractivity contribution >= 4 is 11.9 Å². The van der Waals surface area contributed by atoms with Crippen LogP contribution in [0.25, 0.3) is 0 Å². The molecule has 2 rings (SSSR count). The van der Waals surface area contributed by atoms with E-state index in [1.165, 1.54) is 19.3 Å². The largest absolute Gasteiger partial charge is 0.467 e. The van der Waals surface area contributed by atoms with Gasteiger partial charge >= 0.3 is 6.01 Å². The van der Waals surface area contributed by atoms with Crippen LogP contribution in [0.1, 0.15) is 33.1 Å². The van der Waals surface area contributed by atoms with Crippen LogP contribution in [-0.2, 0) is 0 Å². The van der Waals surface area contributed by atoms with Crippen molar-refractivity contribution in [1.82, 2.24) is 15.0 Å². The van der Waals surface area contributed by atoms with Crippen molar-refractivity contribution in [2.24, 2.45) is 5.92 Å². The molecule has 6 heteroatoms. The van der Waals surface area contributed by atoms with Crippen LogP contribution >= 0.6 is 0 Å². The number of hydrogen-bond donors (Lipinski definition) is 2. The van der Waals surface area contributed by atoms with Gasteiger partial charge < -0.3 is 15.4 Å². The van der Waals surface area contributed by atoms with Gasteiger partial charge in [0.05, 0.1) is 7.11 Å². The van der Waals surface area contributed by atoms with E-state index in [4.69, 9.17) is 4.74 Å². The van der Waals surface area contributed by atoms with E-state index in [1.807, 2.05) is 6.92 Å². The molecule has 0 radical (unpaired) electrons. The second-order valence-electron chi connectivity index (χ2n) is 4.72. The molecule has 0 aliphatic heterocycles. The molecule has 0 amide bonds. The van der Waals surface area contributed by atoms with Crippen LogP contribution in [0.3, 0.4) is 0 Å². The number of nitrogens with zero attached hydrogens (tertiary/aromatic N) is 3. The Labute approximate surface area is 108 Å². The van der Waals surface area contributed by atoms with Crippen molar-refractivity contribution in [3.05, 3.63) is 0 Å². The Morgan fingerprint density at radius 2 is 2.00 bits per heavy atom. The molecule has 1 heterocycles. The highest BCUT2D eigenvalue weighted by Gasteiger charge is 2.23. The van der Waals surface area contributed by atoms with Crippen LogP contribution in [0.2, 0.25) is 0 Å². The van der Waals surface area contributed by atoms with Crippen LogP contribution in [0, 0.1) is 5.92 Å². The fraction of sp³-hybridized carbons (Fsp3) is 0.750. The van der Waals surface area contributed by atoms with Crippen molar-refractivity contribution in [3.8, 4) is 6.01 Å². The minimum Gasteiger partial charge on any atom is -0.467 e. The summed E-state index contributed by atoms with van der Waals surface area (Å²) < 4.78 is 5.07. The van der Waals surface area contributed by atoms with Crippen LogP contribution in [0.15, 0.2) is 0 Å². The van der Waals surface area contributed by atoms with Crippen LogP contribution in [0.4, 0.5) is 11.9 Å². The molecular weight excluding hydrogens is 230 g/mol. The summed E-state index contributed by atoms with van der Waals surface area (Å²) in [5, 5.41) is 6.37. The van der Waals surface area contributed by atoms with Crippen LogP contribution in [0.5, 0.6) is 6.01 Å². The van der Waals surface area contributed by atoms with Crippen molar-refractivity contribution < 1.29 is 4.74 Å². The van der Waals surface area contributed by atoms with Gasteiger partial charge in [0.15, 0.2) is 0 Å². The molecule has 0 bridgehead atoms. The highest BCUT2D eigenvalue weighted by atomic mass is 16.5. The number of rotatable bonds is 7. The molecule has 2 N–H and O–H groups in total. The Kier molecular flexibility index (Phi) is 4.17. The SMILES string of the molecule is CCNc1nc(NC(C)CC2CC2)nc(OC)n1. The highest BCUT2D eigenvalue weighted by Crippen LogP contribution is 2.33. The molecule has 1 aromatic rings. The lowest BCUT2D eigenvalue weighted by Crippen LogP contribution is -2.19. The maximum Gasteiger partial charge on any atom is 0.322 e. The maximum absolute atomic E-state index is 5.07. The van der Waals surface area contributed by atoms with Gasteiger partial charge in [-0.3, -0.25) is 0 Å². The van der Waals surface area contributed by atoms with E-state index >= 15 is 0 Å². The number of hydrogen-bond acceptors (Lipinski definition) is 6. The summed E-state index contributed by atoms with van der Waals surface area (Å²) >= 11 is 0. The first-order chi connectivity index (χ1) is 8.71. The molecular formula is C12H21N5O. The zero-order valence-electron chi connectivity index (χ0n) is 11.2. The second-order valence-corrected chi connectivity index (χ2v) is 4.72. The molecule has 1 aliphatic rings. The second kappa shape index (κ2) is 5.84. The molecule has 0 spiro atoms. The van der Waals surface area contributed by atoms with E-state index in [-0.39, 0.29) is 0 Å². The van der Waals surface area contributed by atoms with E-state index in [0.29, 0.717) is 23.9 Å². The summed E-state index contributed by atoms with van der Waals surface area (Å²) in [6.45, 7) is 4.92. The van der Waals surface area contributed by atoms with Crippen molar-refractivity contribution in [2.75, 3.05) is 24.3 Å². The summed E-state index contributed by atoms with van der Waals surface area (Å²) in [7, 11) is 1.56. The molecule has 6 nitrogen and oxygen atoms in total. The van der Waals surface area contributed by atoms with Gasteiger partial charge in [0, 0.05) is 12.6 Å². The quantitative estimate of drug-likeness (QED) is 0.771. The lowest BCUT2D eigenvalue weighted by Gasteiger charge is -2.14. The van der Waals surface area contributed by atoms with Gasteiger partial charge in [0.25, 0.3) is 0 Å². The minimum atomic E-state index is 0.335. The van der Waals surface area contributed by atoms with Gasteiger partial charge in [0.1, 0.15) is 0 Å². The van der Waals surface area contributed by atoms with Gasteiger partial charge in [-0.25, -0.2) is 0 Å². The third-order valence-electron chi connectivity index (χ3n) is 2.89. The Morgan fingerprint density at radius 3 is 2.61 bits per heavy atom. The highest BCUT2D eigenvalue weighted by molar-refractivity contribution is 5.36. The van der Waals surface area contributed by atoms with E-state index < -0.39 is 0 Å². The normalized spacial score (nSPS) is 16.2. The predicted molar refractivity (Wildman–Crippen MR) is 71.0 cm³/mol. The van der Waals surface area contributed by atoms with Crippen molar-refractivity contribution in [1.29, 1.82) is 0 Å². The van der Waals surface area contributed by atoms with E-state index in [9.17, 15) is 0 Å². The third kappa shape index (κ3) is 3.72. The first-order valence-corrected chi connectivity index (χ1v) is 6.51. The molecule has 1 saturated carbocycles. The zero-order valence-corrected chi connectivity index (χ0v) is 11.2. The summed E-state index contributed by atoms with van der Waals surface area (Å²) in [6, 6.07) is 0.709. The first-order valence-electron chi connectivity index (χ1n) is 6.51. The maximum atomic E-state index is 5.07. The first kappa shape index (κ1) is 12.9. The van der Waals surface area contributed by atoms with E-state index in [0.717, 1.165) is 12.5 Å². The summed E-state index contributed by atoms with van der Waals surface area (Å²) in [5.41, 5.74) is 0. The molecule has 0 aromatic carbocycles. The smallest absolute Gasteiger partial charge is 0.322 e. The van der Waals surface area contributed by atoms with Crippen molar-refractivity contribution in [2.45, 2.75) is 39.2 Å². The Bertz CT molecular complexity index is 394. The number of ether oxygens (including phenoxy) is 1. The number of methoxy groups -OCH3 is 1. The molecule has 18 heavy (non-hydrogen) atoms. The van der Waals surface area contributed by atoms with Gasteiger partial charge in [-0.2, -0.15) is 15.0 Å². The van der Waals surface area contributed by atoms with Gasteiger partial charge in [-0.05, 0) is 26.2 Å².